The zero-order chi connectivity index (χ0) is 18.4. The molecule has 0 saturated heterocycles. The van der Waals surface area contributed by atoms with Crippen molar-refractivity contribution in [3.05, 3.63) is 34.2 Å². The van der Waals surface area contributed by atoms with Gasteiger partial charge < -0.3 is 19.9 Å². The van der Waals surface area contributed by atoms with Crippen LogP contribution in [0, 0.1) is 5.92 Å². The molecule has 5 nitrogen and oxygen atoms in total. The van der Waals surface area contributed by atoms with Crippen molar-refractivity contribution >= 4 is 17.2 Å². The van der Waals surface area contributed by atoms with Crippen molar-refractivity contribution in [2.45, 2.75) is 63.7 Å². The zero-order valence-electron chi connectivity index (χ0n) is 15.4. The van der Waals surface area contributed by atoms with Crippen molar-refractivity contribution in [3.8, 4) is 0 Å². The molecule has 0 unspecified atom stereocenters. The molecule has 6 heteroatoms. The lowest BCUT2D eigenvalue weighted by atomic mass is 9.84. The quantitative estimate of drug-likeness (QED) is 0.725. The number of ether oxygens (including phenoxy) is 2. The summed E-state index contributed by atoms with van der Waals surface area (Å²) in [6.45, 7) is 2.60. The number of nitrogens with one attached hydrogen (secondary N) is 1. The normalized spacial score (nSPS) is 26.4. The van der Waals surface area contributed by atoms with E-state index in [1.807, 2.05) is 19.1 Å². The van der Waals surface area contributed by atoms with E-state index in [9.17, 15) is 9.90 Å². The lowest BCUT2D eigenvalue weighted by Crippen LogP contribution is -2.41. The molecule has 1 aliphatic carbocycles. The highest BCUT2D eigenvalue weighted by Gasteiger charge is 2.38. The smallest absolute Gasteiger partial charge is 0.286 e. The number of hydrogen-bond donors (Lipinski definition) is 2. The summed E-state index contributed by atoms with van der Waals surface area (Å²) >= 11 is 1.68. The summed E-state index contributed by atoms with van der Waals surface area (Å²) < 4.78 is 11.8. The fraction of sp³-hybridized carbons (Fsp3) is 0.650. The van der Waals surface area contributed by atoms with Crippen LogP contribution >= 0.6 is 11.3 Å². The highest BCUT2D eigenvalue weighted by atomic mass is 32.1. The topological polar surface area (TPSA) is 67.8 Å². The van der Waals surface area contributed by atoms with Gasteiger partial charge in [0.25, 0.3) is 5.91 Å². The van der Waals surface area contributed by atoms with Gasteiger partial charge in [0.15, 0.2) is 5.76 Å². The van der Waals surface area contributed by atoms with Gasteiger partial charge in [0.1, 0.15) is 0 Å². The summed E-state index contributed by atoms with van der Waals surface area (Å²) in [6, 6.07) is 4.38. The SMILES string of the molecule is CCO[C@H]1OC(C(=O)NC2CCCC2)=C[C@@H](c2cccs2)[C@H]1CCCO. The molecule has 1 fully saturated rings. The van der Waals surface area contributed by atoms with Crippen LogP contribution in [0.3, 0.4) is 0 Å². The molecule has 0 spiro atoms. The Morgan fingerprint density at radius 2 is 2.23 bits per heavy atom. The van der Waals surface area contributed by atoms with Gasteiger partial charge in [-0.3, -0.25) is 4.79 Å². The maximum Gasteiger partial charge on any atom is 0.286 e. The van der Waals surface area contributed by atoms with E-state index >= 15 is 0 Å². The second kappa shape index (κ2) is 9.53. The number of amides is 1. The fourth-order valence-electron chi connectivity index (χ4n) is 3.90. The summed E-state index contributed by atoms with van der Waals surface area (Å²) in [6.07, 6.45) is 7.40. The van der Waals surface area contributed by atoms with Crippen LogP contribution in [-0.4, -0.2) is 36.6 Å². The molecular weight excluding hydrogens is 350 g/mol. The van der Waals surface area contributed by atoms with Gasteiger partial charge in [-0.05, 0) is 50.1 Å². The first-order chi connectivity index (χ1) is 12.7. The van der Waals surface area contributed by atoms with Gasteiger partial charge in [-0.1, -0.05) is 18.9 Å². The summed E-state index contributed by atoms with van der Waals surface area (Å²) in [7, 11) is 0. The molecule has 0 aromatic carbocycles. The number of allylic oxidation sites excluding steroid dienone is 1. The average Bonchev–Trinajstić information content (AvgIpc) is 3.34. The molecule has 144 valence electrons. The summed E-state index contributed by atoms with van der Waals surface area (Å²) in [5.41, 5.74) is 0. The first-order valence-electron chi connectivity index (χ1n) is 9.68. The van der Waals surface area contributed by atoms with E-state index in [1.165, 1.54) is 17.7 Å². The molecule has 2 aliphatic rings. The van der Waals surface area contributed by atoms with Crippen LogP contribution in [-0.2, 0) is 14.3 Å². The molecule has 1 amide bonds. The van der Waals surface area contributed by atoms with Crippen LogP contribution in [0.2, 0.25) is 0 Å². The molecule has 1 aromatic heterocycles. The maximum atomic E-state index is 12.7. The van der Waals surface area contributed by atoms with E-state index in [-0.39, 0.29) is 30.4 Å². The standard InChI is InChI=1S/C20H29NO4S/c1-2-24-20-15(9-5-11-22)16(18-10-6-12-26-18)13-17(25-20)19(23)21-14-7-3-4-8-14/h6,10,12-16,20,22H,2-5,7-9,11H2,1H3,(H,21,23)/t15-,16-,20+/m1/s1. The molecule has 0 radical (unpaired) electrons. The van der Waals surface area contributed by atoms with E-state index in [0.29, 0.717) is 18.8 Å². The number of thiophene rings is 1. The van der Waals surface area contributed by atoms with E-state index in [0.717, 1.165) is 19.3 Å². The average molecular weight is 380 g/mol. The van der Waals surface area contributed by atoms with Crippen molar-refractivity contribution < 1.29 is 19.4 Å². The first-order valence-corrected chi connectivity index (χ1v) is 10.6. The predicted octanol–water partition coefficient (Wildman–Crippen LogP) is 3.56. The monoisotopic (exact) mass is 379 g/mol. The van der Waals surface area contributed by atoms with Crippen LogP contribution in [0.4, 0.5) is 0 Å². The third-order valence-corrected chi connectivity index (χ3v) is 6.17. The Labute approximate surface area is 159 Å². The van der Waals surface area contributed by atoms with Gasteiger partial charge in [0.05, 0.1) is 0 Å². The van der Waals surface area contributed by atoms with Gasteiger partial charge in [-0.15, -0.1) is 11.3 Å². The highest BCUT2D eigenvalue weighted by Crippen LogP contribution is 2.41. The van der Waals surface area contributed by atoms with Crippen LogP contribution in [0.15, 0.2) is 29.3 Å². The van der Waals surface area contributed by atoms with Crippen molar-refractivity contribution in [1.82, 2.24) is 5.32 Å². The Morgan fingerprint density at radius 3 is 2.88 bits per heavy atom. The molecule has 2 heterocycles. The van der Waals surface area contributed by atoms with Gasteiger partial charge in [0.2, 0.25) is 6.29 Å². The highest BCUT2D eigenvalue weighted by molar-refractivity contribution is 7.10. The van der Waals surface area contributed by atoms with Crippen molar-refractivity contribution in [3.63, 3.8) is 0 Å². The van der Waals surface area contributed by atoms with Crippen molar-refractivity contribution in [2.75, 3.05) is 13.2 Å². The number of carbonyl (C=O) groups excluding carboxylic acids is 1. The van der Waals surface area contributed by atoms with Gasteiger partial charge in [-0.2, -0.15) is 0 Å². The number of carbonyl (C=O) groups is 1. The zero-order valence-corrected chi connectivity index (χ0v) is 16.2. The second-order valence-corrected chi connectivity index (χ2v) is 7.98. The lowest BCUT2D eigenvalue weighted by Gasteiger charge is -2.36. The van der Waals surface area contributed by atoms with Crippen LogP contribution < -0.4 is 5.32 Å². The Bertz CT molecular complexity index is 595. The Kier molecular flexibility index (Phi) is 7.11. The minimum absolute atomic E-state index is 0.0659. The first kappa shape index (κ1) is 19.4. The number of aliphatic hydroxyl groups is 1. The molecule has 2 N–H and O–H groups in total. The number of hydrogen-bond acceptors (Lipinski definition) is 5. The third kappa shape index (κ3) is 4.67. The predicted molar refractivity (Wildman–Crippen MR) is 102 cm³/mol. The molecule has 3 atom stereocenters. The number of aliphatic hydroxyl groups excluding tert-OH is 1. The molecule has 0 bridgehead atoms. The van der Waals surface area contributed by atoms with Crippen molar-refractivity contribution in [1.29, 1.82) is 0 Å². The molecular formula is C20H29NO4S. The summed E-state index contributed by atoms with van der Waals surface area (Å²) in [4.78, 5) is 13.9. The van der Waals surface area contributed by atoms with Gasteiger partial charge in [-0.25, -0.2) is 0 Å². The minimum Gasteiger partial charge on any atom is -0.459 e. The second-order valence-electron chi connectivity index (χ2n) is 7.00. The minimum atomic E-state index is -0.465. The maximum absolute atomic E-state index is 12.7. The molecule has 1 saturated carbocycles. The number of rotatable bonds is 8. The van der Waals surface area contributed by atoms with E-state index < -0.39 is 6.29 Å². The Hall–Kier alpha value is -1.37. The lowest BCUT2D eigenvalue weighted by molar-refractivity contribution is -0.166. The summed E-state index contributed by atoms with van der Waals surface area (Å²) in [5, 5.41) is 14.4. The third-order valence-electron chi connectivity index (χ3n) is 5.20. The molecule has 3 rings (SSSR count). The van der Waals surface area contributed by atoms with Crippen LogP contribution in [0.25, 0.3) is 0 Å². The van der Waals surface area contributed by atoms with Gasteiger partial charge >= 0.3 is 0 Å². The van der Waals surface area contributed by atoms with E-state index in [4.69, 9.17) is 9.47 Å². The molecule has 1 aliphatic heterocycles. The van der Waals surface area contributed by atoms with E-state index in [2.05, 4.69) is 16.8 Å². The Balaban J connectivity index is 1.82. The van der Waals surface area contributed by atoms with Crippen LogP contribution in [0.1, 0.15) is 56.2 Å². The van der Waals surface area contributed by atoms with Crippen molar-refractivity contribution in [2.24, 2.45) is 5.92 Å². The molecule has 1 aromatic rings. The fourth-order valence-corrected chi connectivity index (χ4v) is 4.77. The Morgan fingerprint density at radius 1 is 1.42 bits per heavy atom. The van der Waals surface area contributed by atoms with E-state index in [1.54, 1.807) is 11.3 Å². The largest absolute Gasteiger partial charge is 0.459 e. The van der Waals surface area contributed by atoms with Crippen LogP contribution in [0.5, 0.6) is 0 Å². The summed E-state index contributed by atoms with van der Waals surface area (Å²) in [5.74, 6) is 0.387. The van der Waals surface area contributed by atoms with Gasteiger partial charge in [0, 0.05) is 36.0 Å². The molecule has 26 heavy (non-hydrogen) atoms.